The number of aromatic nitrogens is 1. The smallest absolute Gasteiger partial charge is 0.317 e. The first kappa shape index (κ1) is 17.6. The molecule has 4 nitrogen and oxygen atoms in total. The van der Waals surface area contributed by atoms with Crippen LogP contribution in [0.25, 0.3) is 0 Å². The van der Waals surface area contributed by atoms with E-state index in [4.69, 9.17) is 0 Å². The van der Waals surface area contributed by atoms with Crippen LogP contribution in [0.4, 0.5) is 4.79 Å². The van der Waals surface area contributed by atoms with Crippen LogP contribution in [0.3, 0.4) is 0 Å². The van der Waals surface area contributed by atoms with E-state index in [1.807, 2.05) is 37.6 Å². The van der Waals surface area contributed by atoms with Crippen molar-refractivity contribution in [1.29, 1.82) is 0 Å². The van der Waals surface area contributed by atoms with Gasteiger partial charge in [-0.05, 0) is 38.9 Å². The fraction of sp³-hybridized carbons (Fsp3) is 0.750. The first-order valence-electron chi connectivity index (χ1n) is 8.06. The van der Waals surface area contributed by atoms with E-state index in [9.17, 15) is 4.79 Å². The molecule has 2 atom stereocenters. The number of thiazole rings is 1. The van der Waals surface area contributed by atoms with Gasteiger partial charge in [0.1, 0.15) is 0 Å². The Morgan fingerprint density at radius 3 is 2.86 bits per heavy atom. The van der Waals surface area contributed by atoms with Gasteiger partial charge in [-0.25, -0.2) is 9.78 Å². The van der Waals surface area contributed by atoms with Crippen molar-refractivity contribution >= 4 is 29.1 Å². The Morgan fingerprint density at radius 2 is 2.23 bits per heavy atom. The lowest BCUT2D eigenvalue weighted by Gasteiger charge is -2.25. The van der Waals surface area contributed by atoms with Gasteiger partial charge in [0.05, 0.1) is 10.7 Å². The van der Waals surface area contributed by atoms with Gasteiger partial charge >= 0.3 is 6.03 Å². The summed E-state index contributed by atoms with van der Waals surface area (Å²) in [5, 5.41) is 4.88. The normalized spacial score (nSPS) is 21.1. The van der Waals surface area contributed by atoms with Crippen molar-refractivity contribution in [2.75, 3.05) is 19.3 Å². The summed E-state index contributed by atoms with van der Waals surface area (Å²) >= 11 is 3.75. The largest absolute Gasteiger partial charge is 0.338 e. The maximum absolute atomic E-state index is 12.3. The molecule has 0 spiro atoms. The van der Waals surface area contributed by atoms with Crippen molar-refractivity contribution in [3.8, 4) is 0 Å². The highest BCUT2D eigenvalue weighted by Crippen LogP contribution is 2.32. The molecule has 1 heterocycles. The molecule has 1 saturated carbocycles. The molecule has 0 radical (unpaired) electrons. The lowest BCUT2D eigenvalue weighted by Crippen LogP contribution is -2.43. The van der Waals surface area contributed by atoms with E-state index in [1.54, 1.807) is 11.3 Å². The predicted octanol–water partition coefficient (Wildman–Crippen LogP) is 3.62. The average molecular weight is 342 g/mol. The summed E-state index contributed by atoms with van der Waals surface area (Å²) in [6.07, 6.45) is 4.38. The maximum atomic E-state index is 12.3. The number of hydrogen-bond donors (Lipinski definition) is 1. The van der Waals surface area contributed by atoms with Crippen LogP contribution < -0.4 is 5.32 Å². The van der Waals surface area contributed by atoms with Crippen LogP contribution in [0.2, 0.25) is 0 Å². The standard InChI is InChI=1S/C16H27N3OS2/c1-5-21-14-7-6-13(10-14)19(4)16(20)17-9-8-15-11(2)18-12(3)22-15/h13-14H,5-10H2,1-4H3,(H,17,20). The highest BCUT2D eigenvalue weighted by Gasteiger charge is 2.29. The maximum Gasteiger partial charge on any atom is 0.317 e. The Bertz CT molecular complexity index is 504. The Morgan fingerprint density at radius 1 is 1.45 bits per heavy atom. The lowest BCUT2D eigenvalue weighted by atomic mass is 10.2. The number of amides is 2. The molecule has 2 amide bonds. The van der Waals surface area contributed by atoms with Crippen LogP contribution in [0.5, 0.6) is 0 Å². The zero-order valence-electron chi connectivity index (χ0n) is 14.0. The van der Waals surface area contributed by atoms with Gasteiger partial charge in [0.25, 0.3) is 0 Å². The highest BCUT2D eigenvalue weighted by atomic mass is 32.2. The van der Waals surface area contributed by atoms with Crippen LogP contribution in [0.1, 0.15) is 41.8 Å². The molecule has 6 heteroatoms. The van der Waals surface area contributed by atoms with Crippen molar-refractivity contribution in [2.45, 2.75) is 57.7 Å². The van der Waals surface area contributed by atoms with Crippen molar-refractivity contribution in [2.24, 2.45) is 0 Å². The minimum absolute atomic E-state index is 0.0611. The first-order chi connectivity index (χ1) is 10.5. The van der Waals surface area contributed by atoms with Crippen LogP contribution >= 0.6 is 23.1 Å². The third-order valence-electron chi connectivity index (χ3n) is 4.26. The van der Waals surface area contributed by atoms with E-state index in [2.05, 4.69) is 17.2 Å². The number of carbonyl (C=O) groups excluding carboxylic acids is 1. The van der Waals surface area contributed by atoms with Crippen LogP contribution in [0.15, 0.2) is 0 Å². The van der Waals surface area contributed by atoms with Crippen molar-refractivity contribution in [3.05, 3.63) is 15.6 Å². The van der Waals surface area contributed by atoms with Crippen molar-refractivity contribution in [3.63, 3.8) is 0 Å². The average Bonchev–Trinajstić information content (AvgIpc) is 3.05. The van der Waals surface area contributed by atoms with Crippen LogP contribution in [-0.2, 0) is 6.42 Å². The molecule has 2 rings (SSSR count). The molecule has 1 N–H and O–H groups in total. The summed E-state index contributed by atoms with van der Waals surface area (Å²) in [7, 11) is 1.93. The second kappa shape index (κ2) is 8.20. The first-order valence-corrected chi connectivity index (χ1v) is 9.93. The minimum atomic E-state index is 0.0611. The number of aryl methyl sites for hydroxylation is 2. The molecular formula is C16H27N3OS2. The van der Waals surface area contributed by atoms with Crippen molar-refractivity contribution in [1.82, 2.24) is 15.2 Å². The predicted molar refractivity (Wildman–Crippen MR) is 96.0 cm³/mol. The molecule has 0 bridgehead atoms. The van der Waals surface area contributed by atoms with E-state index in [0.717, 1.165) is 35.2 Å². The number of nitrogens with zero attached hydrogens (tertiary/aromatic N) is 2. The summed E-state index contributed by atoms with van der Waals surface area (Å²) < 4.78 is 0. The van der Waals surface area contributed by atoms with Gasteiger partial charge in [-0.1, -0.05) is 6.92 Å². The molecule has 1 aliphatic rings. The SMILES string of the molecule is CCSC1CCC(N(C)C(=O)NCCc2sc(C)nc2C)C1. The second-order valence-electron chi connectivity index (χ2n) is 5.88. The summed E-state index contributed by atoms with van der Waals surface area (Å²) in [5.41, 5.74) is 1.10. The topological polar surface area (TPSA) is 45.2 Å². The number of nitrogens with one attached hydrogen (secondary N) is 1. The zero-order chi connectivity index (χ0) is 16.1. The molecule has 124 valence electrons. The number of hydrogen-bond acceptors (Lipinski definition) is 4. The fourth-order valence-electron chi connectivity index (χ4n) is 3.04. The molecule has 1 aliphatic carbocycles. The number of rotatable bonds is 6. The number of thioether (sulfide) groups is 1. The summed E-state index contributed by atoms with van der Waals surface area (Å²) in [6, 6.07) is 0.461. The molecule has 1 fully saturated rings. The molecule has 2 unspecified atom stereocenters. The van der Waals surface area contributed by atoms with Crippen molar-refractivity contribution < 1.29 is 4.79 Å². The molecule has 0 aliphatic heterocycles. The second-order valence-corrected chi connectivity index (χ2v) is 8.74. The molecule has 1 aromatic rings. The highest BCUT2D eigenvalue weighted by molar-refractivity contribution is 7.99. The van der Waals surface area contributed by atoms with Gasteiger partial charge in [0.2, 0.25) is 0 Å². The Kier molecular flexibility index (Phi) is 6.56. The molecule has 0 saturated heterocycles. The molecule has 22 heavy (non-hydrogen) atoms. The summed E-state index contributed by atoms with van der Waals surface area (Å²) in [6.45, 7) is 6.96. The van der Waals surface area contributed by atoms with Crippen LogP contribution in [-0.4, -0.2) is 46.6 Å². The zero-order valence-corrected chi connectivity index (χ0v) is 15.6. The summed E-state index contributed by atoms with van der Waals surface area (Å²) in [4.78, 5) is 19.9. The van der Waals surface area contributed by atoms with E-state index >= 15 is 0 Å². The van der Waals surface area contributed by atoms with Gasteiger partial charge in [-0.2, -0.15) is 11.8 Å². The fourth-order valence-corrected chi connectivity index (χ4v) is 5.10. The van der Waals surface area contributed by atoms with Gasteiger partial charge in [-0.3, -0.25) is 0 Å². The molecule has 0 aromatic carbocycles. The summed E-state index contributed by atoms with van der Waals surface area (Å²) in [5.74, 6) is 1.17. The van der Waals surface area contributed by atoms with Gasteiger partial charge in [0, 0.05) is 36.2 Å². The molecule has 1 aromatic heterocycles. The monoisotopic (exact) mass is 341 g/mol. The lowest BCUT2D eigenvalue weighted by molar-refractivity contribution is 0.191. The third-order valence-corrected chi connectivity index (χ3v) is 6.62. The van der Waals surface area contributed by atoms with E-state index in [-0.39, 0.29) is 6.03 Å². The minimum Gasteiger partial charge on any atom is -0.338 e. The third kappa shape index (κ3) is 4.62. The van der Waals surface area contributed by atoms with Gasteiger partial charge in [-0.15, -0.1) is 11.3 Å². The van der Waals surface area contributed by atoms with Crippen LogP contribution in [0, 0.1) is 13.8 Å². The van der Waals surface area contributed by atoms with E-state index in [1.165, 1.54) is 17.1 Å². The Balaban J connectivity index is 1.74. The number of carbonyl (C=O) groups is 1. The Hall–Kier alpha value is -0.750. The number of urea groups is 1. The van der Waals surface area contributed by atoms with E-state index in [0.29, 0.717) is 12.6 Å². The van der Waals surface area contributed by atoms with Gasteiger partial charge in [0.15, 0.2) is 0 Å². The van der Waals surface area contributed by atoms with Gasteiger partial charge < -0.3 is 10.2 Å². The Labute approximate surface area is 142 Å². The molecular weight excluding hydrogens is 314 g/mol. The van der Waals surface area contributed by atoms with E-state index < -0.39 is 0 Å². The quantitative estimate of drug-likeness (QED) is 0.859.